The molecule has 2 aromatic carbocycles. The molecule has 182 valence electrons. The SMILES string of the molecule is C[C@@H]1CN([C@H](C)CO)S(=O)(=O)c2ccc(-c3ccccc3F)cc2O[C@@H]1CN(C)S(C)(=O)=O. The first-order chi connectivity index (χ1) is 15.4. The van der Waals surface area contributed by atoms with Crippen molar-refractivity contribution in [2.24, 2.45) is 5.92 Å². The summed E-state index contributed by atoms with van der Waals surface area (Å²) < 4.78 is 73.8. The lowest BCUT2D eigenvalue weighted by atomic mass is 10.0. The van der Waals surface area contributed by atoms with E-state index in [1.165, 1.54) is 35.6 Å². The van der Waals surface area contributed by atoms with Gasteiger partial charge in [-0.1, -0.05) is 31.2 Å². The molecule has 0 bridgehead atoms. The molecule has 1 aliphatic rings. The minimum Gasteiger partial charge on any atom is -0.487 e. The van der Waals surface area contributed by atoms with Crippen molar-refractivity contribution in [3.63, 3.8) is 0 Å². The number of likely N-dealkylation sites (N-methyl/N-ethyl adjacent to an activating group) is 1. The summed E-state index contributed by atoms with van der Waals surface area (Å²) >= 11 is 0. The lowest BCUT2D eigenvalue weighted by Gasteiger charge is -2.37. The first kappa shape index (κ1) is 25.6. The molecule has 2 aromatic rings. The Bertz CT molecular complexity index is 1220. The second-order valence-electron chi connectivity index (χ2n) is 8.42. The Labute approximate surface area is 194 Å². The monoisotopic (exact) mass is 500 g/mol. The van der Waals surface area contributed by atoms with E-state index < -0.39 is 43.9 Å². The van der Waals surface area contributed by atoms with E-state index in [9.17, 15) is 26.3 Å². The van der Waals surface area contributed by atoms with Gasteiger partial charge in [0.1, 0.15) is 22.6 Å². The fraction of sp³-hybridized carbons (Fsp3) is 0.455. The molecule has 11 heteroatoms. The molecular weight excluding hydrogens is 471 g/mol. The van der Waals surface area contributed by atoms with Gasteiger partial charge < -0.3 is 9.84 Å². The third-order valence-electron chi connectivity index (χ3n) is 5.86. The molecule has 3 atom stereocenters. The Morgan fingerprint density at radius 1 is 1.27 bits per heavy atom. The van der Waals surface area contributed by atoms with Crippen LogP contribution in [0.15, 0.2) is 47.4 Å². The number of nitrogens with zero attached hydrogens (tertiary/aromatic N) is 2. The number of hydrogen-bond acceptors (Lipinski definition) is 6. The van der Waals surface area contributed by atoms with Crippen molar-refractivity contribution in [3.8, 4) is 16.9 Å². The largest absolute Gasteiger partial charge is 0.487 e. The number of sulfonamides is 2. The van der Waals surface area contributed by atoms with Gasteiger partial charge in [-0.05, 0) is 30.7 Å². The van der Waals surface area contributed by atoms with Gasteiger partial charge in [-0.2, -0.15) is 4.31 Å². The van der Waals surface area contributed by atoms with Gasteiger partial charge in [0, 0.05) is 31.1 Å². The second-order valence-corrected chi connectivity index (χ2v) is 12.4. The third kappa shape index (κ3) is 5.38. The Kier molecular flexibility index (Phi) is 7.49. The lowest BCUT2D eigenvalue weighted by Crippen LogP contribution is -2.50. The predicted octanol–water partition coefficient (Wildman–Crippen LogP) is 2.15. The lowest BCUT2D eigenvalue weighted by molar-refractivity contribution is 0.0906. The normalized spacial score (nSPS) is 22.2. The van der Waals surface area contributed by atoms with Crippen LogP contribution < -0.4 is 4.74 Å². The summed E-state index contributed by atoms with van der Waals surface area (Å²) in [4.78, 5) is -0.123. The van der Waals surface area contributed by atoms with Crippen LogP contribution in [0.3, 0.4) is 0 Å². The zero-order valence-electron chi connectivity index (χ0n) is 19.0. The molecule has 33 heavy (non-hydrogen) atoms. The molecular formula is C22H29FN2O6S2. The highest BCUT2D eigenvalue weighted by Gasteiger charge is 2.38. The van der Waals surface area contributed by atoms with Crippen molar-refractivity contribution < 1.29 is 31.1 Å². The van der Waals surface area contributed by atoms with Gasteiger partial charge in [-0.15, -0.1) is 0 Å². The van der Waals surface area contributed by atoms with Crippen molar-refractivity contribution in [1.29, 1.82) is 0 Å². The quantitative estimate of drug-likeness (QED) is 0.652. The molecule has 0 saturated carbocycles. The molecule has 8 nitrogen and oxygen atoms in total. The van der Waals surface area contributed by atoms with Gasteiger partial charge in [0.25, 0.3) is 0 Å². The van der Waals surface area contributed by atoms with Crippen LogP contribution in [0.4, 0.5) is 4.39 Å². The van der Waals surface area contributed by atoms with E-state index >= 15 is 0 Å². The highest BCUT2D eigenvalue weighted by molar-refractivity contribution is 7.89. The molecule has 0 fully saturated rings. The highest BCUT2D eigenvalue weighted by atomic mass is 32.2. The van der Waals surface area contributed by atoms with Gasteiger partial charge in [0.2, 0.25) is 20.0 Å². The van der Waals surface area contributed by atoms with Crippen LogP contribution in [0, 0.1) is 11.7 Å². The summed E-state index contributed by atoms with van der Waals surface area (Å²) in [6, 6.07) is 9.72. The molecule has 0 aliphatic carbocycles. The Hall–Kier alpha value is -2.05. The number of rotatable bonds is 6. The van der Waals surface area contributed by atoms with E-state index in [0.29, 0.717) is 5.56 Å². The number of ether oxygens (including phenoxy) is 1. The van der Waals surface area contributed by atoms with E-state index in [1.807, 2.05) is 0 Å². The average molecular weight is 501 g/mol. The molecule has 1 N–H and O–H groups in total. The first-order valence-electron chi connectivity index (χ1n) is 10.5. The van der Waals surface area contributed by atoms with Crippen molar-refractivity contribution in [3.05, 3.63) is 48.3 Å². The maximum absolute atomic E-state index is 14.4. The number of benzene rings is 2. The van der Waals surface area contributed by atoms with Gasteiger partial charge in [0.15, 0.2) is 0 Å². The molecule has 0 unspecified atom stereocenters. The van der Waals surface area contributed by atoms with E-state index in [1.54, 1.807) is 32.0 Å². The summed E-state index contributed by atoms with van der Waals surface area (Å²) in [7, 11) is -6.14. The van der Waals surface area contributed by atoms with Crippen LogP contribution in [-0.2, 0) is 20.0 Å². The van der Waals surface area contributed by atoms with E-state index in [-0.39, 0.29) is 35.9 Å². The number of aliphatic hydroxyl groups excluding tert-OH is 1. The van der Waals surface area contributed by atoms with Crippen molar-refractivity contribution in [1.82, 2.24) is 8.61 Å². The Morgan fingerprint density at radius 3 is 2.55 bits per heavy atom. The smallest absolute Gasteiger partial charge is 0.247 e. The molecule has 3 rings (SSSR count). The van der Waals surface area contributed by atoms with Crippen LogP contribution in [0.5, 0.6) is 5.75 Å². The summed E-state index contributed by atoms with van der Waals surface area (Å²) in [5.41, 5.74) is 0.703. The van der Waals surface area contributed by atoms with Crippen LogP contribution in [0.1, 0.15) is 13.8 Å². The molecule has 0 radical (unpaired) electrons. The van der Waals surface area contributed by atoms with E-state index in [2.05, 4.69) is 0 Å². The summed E-state index contributed by atoms with van der Waals surface area (Å²) in [6.45, 7) is 2.99. The Morgan fingerprint density at radius 2 is 1.94 bits per heavy atom. The minimum atomic E-state index is -4.05. The topological polar surface area (TPSA) is 104 Å². The molecule has 0 amide bonds. The van der Waals surface area contributed by atoms with Gasteiger partial charge in [0.05, 0.1) is 19.4 Å². The van der Waals surface area contributed by atoms with Crippen molar-refractivity contribution >= 4 is 20.0 Å². The standard InChI is InChI=1S/C22H29FN2O6S2/c1-15-12-25(16(2)14-26)33(29,30)22-10-9-17(18-7-5-6-8-19(18)23)11-20(22)31-21(15)13-24(3)32(4,27)28/h5-11,15-16,21,26H,12-14H2,1-4H3/t15-,16-,21-/m1/s1. The zero-order valence-corrected chi connectivity index (χ0v) is 20.6. The second kappa shape index (κ2) is 9.67. The summed E-state index contributed by atoms with van der Waals surface area (Å²) in [6.07, 6.45) is 0.387. The predicted molar refractivity (Wildman–Crippen MR) is 123 cm³/mol. The van der Waals surface area contributed by atoms with Gasteiger partial charge >= 0.3 is 0 Å². The maximum atomic E-state index is 14.4. The van der Waals surface area contributed by atoms with Crippen LogP contribution in [-0.4, -0.2) is 75.7 Å². The third-order valence-corrected chi connectivity index (χ3v) is 9.16. The minimum absolute atomic E-state index is 0.00402. The van der Waals surface area contributed by atoms with E-state index in [4.69, 9.17) is 4.74 Å². The first-order valence-corrected chi connectivity index (χ1v) is 13.7. The van der Waals surface area contributed by atoms with Gasteiger partial charge in [-0.25, -0.2) is 25.5 Å². The fourth-order valence-electron chi connectivity index (χ4n) is 3.70. The number of halogens is 1. The molecule has 0 spiro atoms. The Balaban J connectivity index is 2.17. The fourth-order valence-corrected chi connectivity index (χ4v) is 5.94. The van der Waals surface area contributed by atoms with Crippen LogP contribution in [0.2, 0.25) is 0 Å². The highest BCUT2D eigenvalue weighted by Crippen LogP contribution is 2.37. The van der Waals surface area contributed by atoms with Gasteiger partial charge in [-0.3, -0.25) is 0 Å². The maximum Gasteiger partial charge on any atom is 0.247 e. The molecule has 0 aromatic heterocycles. The molecule has 0 saturated heterocycles. The zero-order chi connectivity index (χ0) is 24.6. The molecule has 1 heterocycles. The van der Waals surface area contributed by atoms with Crippen molar-refractivity contribution in [2.75, 3.05) is 33.0 Å². The number of fused-ring (bicyclic) bond motifs is 1. The van der Waals surface area contributed by atoms with Crippen LogP contribution in [0.25, 0.3) is 11.1 Å². The summed E-state index contributed by atoms with van der Waals surface area (Å²) in [5, 5.41) is 9.69. The molecule has 1 aliphatic heterocycles. The number of aliphatic hydroxyl groups is 1. The van der Waals surface area contributed by atoms with Crippen LogP contribution >= 0.6 is 0 Å². The number of hydrogen-bond donors (Lipinski definition) is 1. The van der Waals surface area contributed by atoms with Crippen molar-refractivity contribution in [2.45, 2.75) is 30.9 Å². The average Bonchev–Trinajstić information content (AvgIpc) is 2.75. The van der Waals surface area contributed by atoms with E-state index in [0.717, 1.165) is 10.6 Å². The summed E-state index contributed by atoms with van der Waals surface area (Å²) in [5.74, 6) is -0.879.